The smallest absolute Gasteiger partial charge is 0.308 e. The molecule has 174 valence electrons. The Morgan fingerprint density at radius 1 is 1.12 bits per heavy atom. The van der Waals surface area contributed by atoms with Crippen LogP contribution in [0.3, 0.4) is 0 Å². The Balaban J connectivity index is 1.87. The lowest BCUT2D eigenvalue weighted by atomic mass is 9.86. The number of anilines is 2. The zero-order valence-electron chi connectivity index (χ0n) is 18.4. The number of hydrogen-bond donors (Lipinski definition) is 2. The van der Waals surface area contributed by atoms with Gasteiger partial charge in [0.1, 0.15) is 5.65 Å². The number of carbonyl (C=O) groups is 2. The number of pyridine rings is 1. The standard InChI is InChI=1S/C23H26N4O5S/c1-15(28)26-20-14-25-22-19(12-13-24-22)21(20)27(33(30,31)18-6-4-3-5-7-18)17-10-8-16(9-11-17)23(29)32-2/h3-7,12-14,16-17H,8-11H2,1-2H3,(H,24,25)(H,26,28). The Morgan fingerprint density at radius 2 is 1.82 bits per heavy atom. The van der Waals surface area contributed by atoms with Crippen LogP contribution in [0.2, 0.25) is 0 Å². The molecule has 1 aromatic carbocycles. The summed E-state index contributed by atoms with van der Waals surface area (Å²) in [5.41, 5.74) is 1.18. The summed E-state index contributed by atoms with van der Waals surface area (Å²) >= 11 is 0. The maximum absolute atomic E-state index is 14.0. The normalized spacial score (nSPS) is 18.6. The fourth-order valence-corrected chi connectivity index (χ4v) is 6.20. The van der Waals surface area contributed by atoms with E-state index >= 15 is 0 Å². The number of nitrogens with one attached hydrogen (secondary N) is 2. The number of esters is 1. The van der Waals surface area contributed by atoms with Gasteiger partial charge in [-0.05, 0) is 43.9 Å². The van der Waals surface area contributed by atoms with Gasteiger partial charge in [0.05, 0.1) is 35.5 Å². The van der Waals surface area contributed by atoms with Crippen LogP contribution in [0.25, 0.3) is 11.0 Å². The molecule has 4 rings (SSSR count). The maximum atomic E-state index is 14.0. The molecule has 3 aromatic rings. The fraction of sp³-hybridized carbons (Fsp3) is 0.348. The Bertz CT molecular complexity index is 1260. The summed E-state index contributed by atoms with van der Waals surface area (Å²) in [4.78, 5) is 31.5. The average molecular weight is 471 g/mol. The van der Waals surface area contributed by atoms with Gasteiger partial charge in [0.2, 0.25) is 5.91 Å². The quantitative estimate of drug-likeness (QED) is 0.532. The molecule has 1 aliphatic carbocycles. The van der Waals surface area contributed by atoms with Crippen LogP contribution in [0.4, 0.5) is 11.4 Å². The van der Waals surface area contributed by atoms with E-state index in [1.807, 2.05) is 0 Å². The molecule has 1 saturated carbocycles. The van der Waals surface area contributed by atoms with Gasteiger partial charge < -0.3 is 15.0 Å². The number of hydrogen-bond acceptors (Lipinski definition) is 6. The lowest BCUT2D eigenvalue weighted by Gasteiger charge is -2.37. The highest BCUT2D eigenvalue weighted by atomic mass is 32.2. The van der Waals surface area contributed by atoms with Gasteiger partial charge >= 0.3 is 5.97 Å². The first-order valence-corrected chi connectivity index (χ1v) is 12.2. The summed E-state index contributed by atoms with van der Waals surface area (Å²) in [6, 6.07) is 9.54. The van der Waals surface area contributed by atoms with E-state index in [4.69, 9.17) is 4.74 Å². The van der Waals surface area contributed by atoms with Gasteiger partial charge in [-0.3, -0.25) is 13.9 Å². The van der Waals surface area contributed by atoms with E-state index in [0.717, 1.165) is 0 Å². The van der Waals surface area contributed by atoms with Crippen LogP contribution in [-0.4, -0.2) is 43.4 Å². The number of nitrogens with zero attached hydrogens (tertiary/aromatic N) is 2. The SMILES string of the molecule is COC(=O)C1CCC(N(c2c(NC(C)=O)cnc3[nH]ccc23)S(=O)(=O)c2ccccc2)CC1. The number of amides is 1. The van der Waals surface area contributed by atoms with Crippen LogP contribution < -0.4 is 9.62 Å². The lowest BCUT2D eigenvalue weighted by Crippen LogP contribution is -2.44. The van der Waals surface area contributed by atoms with Gasteiger partial charge in [0.25, 0.3) is 10.0 Å². The molecular formula is C23H26N4O5S. The molecule has 2 aromatic heterocycles. The van der Waals surface area contributed by atoms with E-state index in [9.17, 15) is 18.0 Å². The van der Waals surface area contributed by atoms with E-state index in [1.54, 1.807) is 42.6 Å². The summed E-state index contributed by atoms with van der Waals surface area (Å²) in [6.45, 7) is 1.36. The molecule has 1 aliphatic rings. The molecule has 2 heterocycles. The number of rotatable bonds is 6. The van der Waals surface area contributed by atoms with Crippen molar-refractivity contribution in [3.8, 4) is 0 Å². The van der Waals surface area contributed by atoms with Gasteiger partial charge in [0, 0.05) is 24.5 Å². The summed E-state index contributed by atoms with van der Waals surface area (Å²) in [6.07, 6.45) is 5.10. The predicted octanol–water partition coefficient (Wildman–Crippen LogP) is 3.45. The van der Waals surface area contributed by atoms with E-state index in [1.165, 1.54) is 24.5 Å². The van der Waals surface area contributed by atoms with Crippen molar-refractivity contribution in [2.24, 2.45) is 5.92 Å². The molecule has 0 unspecified atom stereocenters. The highest BCUT2D eigenvalue weighted by Gasteiger charge is 2.38. The second-order valence-electron chi connectivity index (χ2n) is 8.08. The van der Waals surface area contributed by atoms with Crippen molar-refractivity contribution >= 4 is 44.3 Å². The molecule has 33 heavy (non-hydrogen) atoms. The number of aromatic amines is 1. The molecule has 9 nitrogen and oxygen atoms in total. The Hall–Kier alpha value is -3.40. The van der Waals surface area contributed by atoms with Gasteiger partial charge in [-0.15, -0.1) is 0 Å². The van der Waals surface area contributed by atoms with Crippen LogP contribution >= 0.6 is 0 Å². The molecule has 1 amide bonds. The van der Waals surface area contributed by atoms with E-state index in [-0.39, 0.29) is 22.7 Å². The number of sulfonamides is 1. The number of H-pyrrole nitrogens is 1. The van der Waals surface area contributed by atoms with Gasteiger partial charge in [-0.1, -0.05) is 18.2 Å². The fourth-order valence-electron chi connectivity index (χ4n) is 4.43. The van der Waals surface area contributed by atoms with Gasteiger partial charge in [-0.25, -0.2) is 13.4 Å². The molecular weight excluding hydrogens is 444 g/mol. The third-order valence-corrected chi connectivity index (χ3v) is 7.82. The molecule has 0 radical (unpaired) electrons. The van der Waals surface area contributed by atoms with Gasteiger partial charge in [-0.2, -0.15) is 0 Å². The Kier molecular flexibility index (Phi) is 6.37. The van der Waals surface area contributed by atoms with Crippen molar-refractivity contribution in [2.75, 3.05) is 16.7 Å². The van der Waals surface area contributed by atoms with Gasteiger partial charge in [0.15, 0.2) is 0 Å². The zero-order valence-corrected chi connectivity index (χ0v) is 19.3. The van der Waals surface area contributed by atoms with Crippen molar-refractivity contribution in [3.05, 3.63) is 48.8 Å². The Morgan fingerprint density at radius 3 is 2.45 bits per heavy atom. The Labute approximate surface area is 192 Å². The third-order valence-electron chi connectivity index (χ3n) is 5.95. The first-order chi connectivity index (χ1) is 15.8. The van der Waals surface area contributed by atoms with E-state index < -0.39 is 16.1 Å². The van der Waals surface area contributed by atoms with Crippen molar-refractivity contribution in [3.63, 3.8) is 0 Å². The summed E-state index contributed by atoms with van der Waals surface area (Å²) in [5, 5.41) is 3.32. The topological polar surface area (TPSA) is 121 Å². The summed E-state index contributed by atoms with van der Waals surface area (Å²) in [5.74, 6) is -0.867. The molecule has 1 fully saturated rings. The minimum absolute atomic E-state index is 0.148. The first-order valence-electron chi connectivity index (χ1n) is 10.7. The zero-order chi connectivity index (χ0) is 23.6. The number of aromatic nitrogens is 2. The monoisotopic (exact) mass is 470 g/mol. The minimum Gasteiger partial charge on any atom is -0.469 e. The van der Waals surface area contributed by atoms with E-state index in [2.05, 4.69) is 15.3 Å². The second-order valence-corrected chi connectivity index (χ2v) is 9.90. The highest BCUT2D eigenvalue weighted by Crippen LogP contribution is 2.41. The highest BCUT2D eigenvalue weighted by molar-refractivity contribution is 7.93. The van der Waals surface area contributed by atoms with Crippen molar-refractivity contribution in [1.82, 2.24) is 9.97 Å². The van der Waals surface area contributed by atoms with Crippen molar-refractivity contribution < 1.29 is 22.7 Å². The molecule has 0 spiro atoms. The maximum Gasteiger partial charge on any atom is 0.308 e. The van der Waals surface area contributed by atoms with Crippen LogP contribution in [0.5, 0.6) is 0 Å². The largest absolute Gasteiger partial charge is 0.469 e. The third kappa shape index (κ3) is 4.43. The number of carbonyl (C=O) groups excluding carboxylic acids is 2. The molecule has 0 aliphatic heterocycles. The second kappa shape index (κ2) is 9.22. The predicted molar refractivity (Wildman–Crippen MR) is 124 cm³/mol. The van der Waals surface area contributed by atoms with E-state index in [0.29, 0.717) is 48.1 Å². The van der Waals surface area contributed by atoms with Crippen molar-refractivity contribution in [2.45, 2.75) is 43.5 Å². The molecule has 10 heteroatoms. The minimum atomic E-state index is -4.00. The van der Waals surface area contributed by atoms with Crippen LogP contribution in [0, 0.1) is 5.92 Å². The van der Waals surface area contributed by atoms with Crippen LogP contribution in [0.15, 0.2) is 53.7 Å². The summed E-state index contributed by atoms with van der Waals surface area (Å²) < 4.78 is 34.3. The molecule has 0 saturated heterocycles. The molecule has 0 atom stereocenters. The number of fused-ring (bicyclic) bond motifs is 1. The summed E-state index contributed by atoms with van der Waals surface area (Å²) in [7, 11) is -2.64. The molecule has 0 bridgehead atoms. The number of ether oxygens (including phenoxy) is 1. The van der Waals surface area contributed by atoms with Crippen LogP contribution in [-0.2, 0) is 24.3 Å². The first kappa shape index (κ1) is 22.8. The van der Waals surface area contributed by atoms with Crippen molar-refractivity contribution in [1.29, 1.82) is 0 Å². The molecule has 2 N–H and O–H groups in total. The van der Waals surface area contributed by atoms with Crippen LogP contribution in [0.1, 0.15) is 32.6 Å². The number of benzene rings is 1. The lowest BCUT2D eigenvalue weighted by molar-refractivity contribution is -0.146. The average Bonchev–Trinajstić information content (AvgIpc) is 3.29. The number of methoxy groups -OCH3 is 1.